The number of amides is 4. The number of rotatable bonds is 5. The number of ether oxygens (including phenoxy) is 2. The number of urea groups is 1. The Labute approximate surface area is 207 Å². The molecule has 3 fully saturated rings. The SMILES string of the molecule is COc1ccc(CC(=O)N2CC3CC2[C@H]2C(=O)N(c4ccc(C#N)c(Cl)c4C)C(=O)N32)cc1OC. The minimum atomic E-state index is -0.732. The molecule has 9 nitrogen and oxygen atoms in total. The van der Waals surface area contributed by atoms with Gasteiger partial charge in [-0.05, 0) is 48.7 Å². The van der Waals surface area contributed by atoms with Crippen molar-refractivity contribution in [3.63, 3.8) is 0 Å². The minimum Gasteiger partial charge on any atom is -0.493 e. The van der Waals surface area contributed by atoms with Crippen molar-refractivity contribution in [3.05, 3.63) is 52.0 Å². The number of carbonyl (C=O) groups is 3. The molecule has 2 aromatic rings. The van der Waals surface area contributed by atoms with E-state index in [9.17, 15) is 19.6 Å². The first-order chi connectivity index (χ1) is 16.8. The van der Waals surface area contributed by atoms with Gasteiger partial charge in [-0.15, -0.1) is 0 Å². The van der Waals surface area contributed by atoms with Gasteiger partial charge >= 0.3 is 6.03 Å². The number of hydrogen-bond acceptors (Lipinski definition) is 6. The van der Waals surface area contributed by atoms with Gasteiger partial charge < -0.3 is 19.3 Å². The minimum absolute atomic E-state index is 0.110. The van der Waals surface area contributed by atoms with E-state index >= 15 is 0 Å². The molecule has 0 aromatic heterocycles. The fourth-order valence-electron chi connectivity index (χ4n) is 5.44. The Bertz CT molecular complexity index is 1310. The second-order valence-electron chi connectivity index (χ2n) is 8.86. The van der Waals surface area contributed by atoms with Crippen molar-refractivity contribution in [2.75, 3.05) is 25.7 Å². The number of halogens is 1. The molecule has 3 heterocycles. The lowest BCUT2D eigenvalue weighted by Crippen LogP contribution is -2.55. The van der Waals surface area contributed by atoms with Crippen molar-refractivity contribution in [1.29, 1.82) is 5.26 Å². The van der Waals surface area contributed by atoms with E-state index < -0.39 is 12.1 Å². The summed E-state index contributed by atoms with van der Waals surface area (Å²) in [5, 5.41) is 9.43. The Morgan fingerprint density at radius 1 is 1.17 bits per heavy atom. The molecule has 0 radical (unpaired) electrons. The van der Waals surface area contributed by atoms with E-state index in [0.29, 0.717) is 35.7 Å². The summed E-state index contributed by atoms with van der Waals surface area (Å²) >= 11 is 6.29. The number of nitrogens with zero attached hydrogens (tertiary/aromatic N) is 4. The molecule has 0 aliphatic carbocycles. The van der Waals surface area contributed by atoms with Crippen LogP contribution in [0.1, 0.15) is 23.1 Å². The van der Waals surface area contributed by atoms with Gasteiger partial charge in [-0.3, -0.25) is 9.59 Å². The number of piperazine rings is 1. The summed E-state index contributed by atoms with van der Waals surface area (Å²) in [6.45, 7) is 2.06. The maximum absolute atomic E-state index is 13.5. The highest BCUT2D eigenvalue weighted by Gasteiger charge is 2.62. The Hall–Kier alpha value is -3.77. The second-order valence-corrected chi connectivity index (χ2v) is 9.24. The molecule has 0 saturated carbocycles. The molecule has 4 amide bonds. The Morgan fingerprint density at radius 2 is 1.91 bits per heavy atom. The number of benzene rings is 2. The van der Waals surface area contributed by atoms with Crippen molar-refractivity contribution in [2.24, 2.45) is 0 Å². The smallest absolute Gasteiger partial charge is 0.332 e. The lowest BCUT2D eigenvalue weighted by Gasteiger charge is -2.35. The van der Waals surface area contributed by atoms with Crippen LogP contribution in [-0.2, 0) is 16.0 Å². The molecule has 5 rings (SSSR count). The van der Waals surface area contributed by atoms with E-state index in [1.54, 1.807) is 42.0 Å². The number of imide groups is 1. The molecule has 3 aliphatic heterocycles. The van der Waals surface area contributed by atoms with Gasteiger partial charge in [-0.1, -0.05) is 17.7 Å². The van der Waals surface area contributed by atoms with Gasteiger partial charge in [0.2, 0.25) is 5.91 Å². The van der Waals surface area contributed by atoms with Crippen LogP contribution in [0.2, 0.25) is 5.02 Å². The zero-order valence-electron chi connectivity index (χ0n) is 19.4. The lowest BCUT2D eigenvalue weighted by molar-refractivity contribution is -0.135. The van der Waals surface area contributed by atoms with Gasteiger partial charge in [-0.2, -0.15) is 5.26 Å². The number of likely N-dealkylation sites (tertiary alicyclic amines) is 1. The zero-order chi connectivity index (χ0) is 25.0. The summed E-state index contributed by atoms with van der Waals surface area (Å²) in [5.74, 6) is 0.624. The molecule has 3 aliphatic rings. The van der Waals surface area contributed by atoms with Crippen LogP contribution >= 0.6 is 11.6 Å². The lowest BCUT2D eigenvalue weighted by atomic mass is 10.1. The standard InChI is InChI=1S/C25H23ClN4O5/c1-13-17(6-5-15(11-27)22(13)26)30-24(32)23-18-10-16(29(23)25(30)33)12-28(18)21(31)9-14-4-7-19(34-2)20(8-14)35-3/h4-8,16,18,23H,9-10,12H2,1-3H3/t16?,18?,23-/m0/s1. The third-order valence-electron chi connectivity index (χ3n) is 7.11. The number of carbonyl (C=O) groups excluding carboxylic acids is 3. The highest BCUT2D eigenvalue weighted by molar-refractivity contribution is 6.33. The maximum atomic E-state index is 13.5. The van der Waals surface area contributed by atoms with E-state index in [1.165, 1.54) is 13.2 Å². The fraction of sp³-hybridized carbons (Fsp3) is 0.360. The second kappa shape index (κ2) is 8.47. The Morgan fingerprint density at radius 3 is 2.60 bits per heavy atom. The van der Waals surface area contributed by atoms with Crippen molar-refractivity contribution >= 4 is 35.1 Å². The molecule has 0 N–H and O–H groups in total. The number of anilines is 1. The highest BCUT2D eigenvalue weighted by atomic mass is 35.5. The average Bonchev–Trinajstić information content (AvgIpc) is 3.52. The Kier molecular flexibility index (Phi) is 5.56. The van der Waals surface area contributed by atoms with Crippen molar-refractivity contribution in [1.82, 2.24) is 9.80 Å². The predicted molar refractivity (Wildman–Crippen MR) is 127 cm³/mol. The van der Waals surface area contributed by atoms with Crippen molar-refractivity contribution < 1.29 is 23.9 Å². The van der Waals surface area contributed by atoms with Crippen molar-refractivity contribution in [3.8, 4) is 17.6 Å². The number of methoxy groups -OCH3 is 2. The molecule has 10 heteroatoms. The van der Waals surface area contributed by atoms with Gasteiger partial charge in [0.25, 0.3) is 5.91 Å². The van der Waals surface area contributed by atoms with Crippen LogP contribution in [0.15, 0.2) is 30.3 Å². The maximum Gasteiger partial charge on any atom is 0.332 e. The number of nitriles is 1. The first kappa shape index (κ1) is 23.0. The summed E-state index contributed by atoms with van der Waals surface area (Å²) in [6, 6.07) is 8.64. The molecule has 0 spiro atoms. The summed E-state index contributed by atoms with van der Waals surface area (Å²) in [4.78, 5) is 44.5. The van der Waals surface area contributed by atoms with Gasteiger partial charge in [-0.25, -0.2) is 9.69 Å². The average molecular weight is 495 g/mol. The van der Waals surface area contributed by atoms with Gasteiger partial charge in [0.15, 0.2) is 11.5 Å². The quantitative estimate of drug-likeness (QED) is 0.592. The third-order valence-corrected chi connectivity index (χ3v) is 7.59. The van der Waals surface area contributed by atoms with E-state index in [-0.39, 0.29) is 40.9 Å². The van der Waals surface area contributed by atoms with Crippen molar-refractivity contribution in [2.45, 2.75) is 37.9 Å². The number of fused-ring (bicyclic) bond motifs is 5. The van der Waals surface area contributed by atoms with E-state index in [1.807, 2.05) is 12.1 Å². The Balaban J connectivity index is 1.38. The molecular formula is C25H23ClN4O5. The van der Waals surface area contributed by atoms with Gasteiger partial charge in [0.1, 0.15) is 12.1 Å². The summed E-state index contributed by atoms with van der Waals surface area (Å²) in [6.07, 6.45) is 0.716. The molecule has 2 unspecified atom stereocenters. The van der Waals surface area contributed by atoms with E-state index in [4.69, 9.17) is 21.1 Å². The molecule has 2 bridgehead atoms. The van der Waals surface area contributed by atoms with Crippen LogP contribution in [0, 0.1) is 18.3 Å². The van der Waals surface area contributed by atoms with E-state index in [0.717, 1.165) is 10.5 Å². The van der Waals surface area contributed by atoms with Crippen LogP contribution in [-0.4, -0.2) is 66.5 Å². The van der Waals surface area contributed by atoms with E-state index in [2.05, 4.69) is 0 Å². The molecular weight excluding hydrogens is 472 g/mol. The monoisotopic (exact) mass is 494 g/mol. The van der Waals surface area contributed by atoms with Gasteiger partial charge in [0.05, 0.1) is 49.0 Å². The molecule has 35 heavy (non-hydrogen) atoms. The third kappa shape index (κ3) is 3.40. The fourth-order valence-corrected chi connectivity index (χ4v) is 5.64. The highest BCUT2D eigenvalue weighted by Crippen LogP contribution is 2.44. The first-order valence-electron chi connectivity index (χ1n) is 11.2. The molecule has 3 saturated heterocycles. The number of hydrogen-bond donors (Lipinski definition) is 0. The summed E-state index contributed by atoms with van der Waals surface area (Å²) < 4.78 is 10.6. The normalized spacial score (nSPS) is 22.5. The van der Waals surface area contributed by atoms with Crippen LogP contribution < -0.4 is 14.4 Å². The summed E-state index contributed by atoms with van der Waals surface area (Å²) in [5.41, 5.74) is 1.90. The molecule has 180 valence electrons. The summed E-state index contributed by atoms with van der Waals surface area (Å²) in [7, 11) is 3.08. The largest absolute Gasteiger partial charge is 0.493 e. The van der Waals surface area contributed by atoms with Crippen LogP contribution in [0.25, 0.3) is 0 Å². The predicted octanol–water partition coefficient (Wildman–Crippen LogP) is 2.90. The topological polar surface area (TPSA) is 103 Å². The molecule has 3 atom stereocenters. The zero-order valence-corrected chi connectivity index (χ0v) is 20.2. The first-order valence-corrected chi connectivity index (χ1v) is 11.5. The molecule has 2 aromatic carbocycles. The van der Waals surface area contributed by atoms with Crippen LogP contribution in [0.3, 0.4) is 0 Å². The van der Waals surface area contributed by atoms with Crippen LogP contribution in [0.5, 0.6) is 11.5 Å². The van der Waals surface area contributed by atoms with Gasteiger partial charge in [0, 0.05) is 6.54 Å². The van der Waals surface area contributed by atoms with Crippen LogP contribution in [0.4, 0.5) is 10.5 Å².